The highest BCUT2D eigenvalue weighted by Crippen LogP contribution is 2.20. The highest BCUT2D eigenvalue weighted by Gasteiger charge is 2.11. The van der Waals surface area contributed by atoms with Gasteiger partial charge in [0, 0.05) is 6.54 Å². The van der Waals surface area contributed by atoms with Crippen LogP contribution in [-0.4, -0.2) is 26.9 Å². The molecular weight excluding hydrogens is 306 g/mol. The number of hydrogen-bond donors (Lipinski definition) is 2. The monoisotopic (exact) mass is 331 g/mol. The van der Waals surface area contributed by atoms with Crippen LogP contribution in [-0.2, 0) is 13.1 Å². The van der Waals surface area contributed by atoms with Gasteiger partial charge in [-0.05, 0) is 45.4 Å². The van der Waals surface area contributed by atoms with Crippen LogP contribution in [0.1, 0.15) is 45.1 Å². The summed E-state index contributed by atoms with van der Waals surface area (Å²) in [6, 6.07) is 7.36. The van der Waals surface area contributed by atoms with Crippen molar-refractivity contribution in [1.29, 1.82) is 0 Å². The Morgan fingerprint density at radius 3 is 2.83 bits per heavy atom. The van der Waals surface area contributed by atoms with E-state index in [4.69, 9.17) is 4.74 Å². The number of carbonyl (C=O) groups is 1. The molecule has 2 rings (SSSR count). The number of urea groups is 1. The van der Waals surface area contributed by atoms with E-state index in [1.165, 1.54) is 0 Å². The summed E-state index contributed by atoms with van der Waals surface area (Å²) < 4.78 is 7.57. The highest BCUT2D eigenvalue weighted by molar-refractivity contribution is 5.74. The Kier molecular flexibility index (Phi) is 6.17. The molecule has 7 nitrogen and oxygen atoms in total. The third-order valence-corrected chi connectivity index (χ3v) is 3.52. The molecule has 0 fully saturated rings. The second-order valence-electron chi connectivity index (χ2n) is 5.82. The maximum absolute atomic E-state index is 12.1. The lowest BCUT2D eigenvalue weighted by Crippen LogP contribution is -2.37. The van der Waals surface area contributed by atoms with Gasteiger partial charge in [0.15, 0.2) is 5.82 Å². The molecule has 7 heteroatoms. The Hall–Kier alpha value is -2.57. The molecule has 0 aliphatic rings. The minimum absolute atomic E-state index is 0.114. The van der Waals surface area contributed by atoms with Crippen LogP contribution in [0.25, 0.3) is 0 Å². The number of aromatic nitrogens is 3. The second kappa shape index (κ2) is 8.33. The van der Waals surface area contributed by atoms with E-state index in [-0.39, 0.29) is 18.2 Å². The van der Waals surface area contributed by atoms with Crippen molar-refractivity contribution >= 4 is 6.03 Å². The van der Waals surface area contributed by atoms with Gasteiger partial charge in [-0.2, -0.15) is 0 Å². The molecule has 2 N–H and O–H groups in total. The van der Waals surface area contributed by atoms with E-state index in [1.807, 2.05) is 56.5 Å². The van der Waals surface area contributed by atoms with Crippen molar-refractivity contribution in [2.45, 2.75) is 52.9 Å². The van der Waals surface area contributed by atoms with E-state index < -0.39 is 0 Å². The average Bonchev–Trinajstić information content (AvgIpc) is 3.00. The van der Waals surface area contributed by atoms with Gasteiger partial charge in [0.2, 0.25) is 0 Å². The van der Waals surface area contributed by atoms with E-state index in [2.05, 4.69) is 20.8 Å². The summed E-state index contributed by atoms with van der Waals surface area (Å²) in [6.07, 6.45) is 1.76. The molecule has 0 saturated carbocycles. The van der Waals surface area contributed by atoms with Gasteiger partial charge >= 0.3 is 6.03 Å². The molecule has 1 aromatic heterocycles. The van der Waals surface area contributed by atoms with Crippen molar-refractivity contribution in [3.05, 3.63) is 42.0 Å². The average molecular weight is 331 g/mol. The summed E-state index contributed by atoms with van der Waals surface area (Å²) in [5, 5.41) is 13.5. The second-order valence-corrected chi connectivity index (χ2v) is 5.82. The molecule has 0 aliphatic carbocycles. The largest absolute Gasteiger partial charge is 0.491 e. The number of benzene rings is 1. The number of nitrogens with one attached hydrogen (secondary N) is 2. The summed E-state index contributed by atoms with van der Waals surface area (Å²) >= 11 is 0. The number of rotatable bonds is 7. The molecule has 130 valence electrons. The predicted octanol–water partition coefficient (Wildman–Crippen LogP) is 2.65. The van der Waals surface area contributed by atoms with Crippen LogP contribution >= 0.6 is 0 Å². The SMILES string of the molecule is CCn1cnnc1CNC(=O)NC(C)c1cccc(OC(C)C)c1. The number of ether oxygens (including phenoxy) is 1. The normalized spacial score (nSPS) is 12.0. The van der Waals surface area contributed by atoms with Crippen molar-refractivity contribution in [3.63, 3.8) is 0 Å². The Labute approximate surface area is 142 Å². The van der Waals surface area contributed by atoms with Crippen LogP contribution in [0.2, 0.25) is 0 Å². The Morgan fingerprint density at radius 1 is 1.33 bits per heavy atom. The lowest BCUT2D eigenvalue weighted by atomic mass is 10.1. The van der Waals surface area contributed by atoms with Gasteiger partial charge in [-0.3, -0.25) is 0 Å². The molecule has 24 heavy (non-hydrogen) atoms. The van der Waals surface area contributed by atoms with Gasteiger partial charge in [0.25, 0.3) is 0 Å². The summed E-state index contributed by atoms with van der Waals surface area (Å²) in [6.45, 7) is 9.01. The lowest BCUT2D eigenvalue weighted by molar-refractivity contribution is 0.236. The zero-order valence-electron chi connectivity index (χ0n) is 14.6. The molecule has 0 aliphatic heterocycles. The van der Waals surface area contributed by atoms with Crippen LogP contribution in [0.4, 0.5) is 4.79 Å². The Balaban J connectivity index is 1.89. The summed E-state index contributed by atoms with van der Waals surface area (Å²) in [5.41, 5.74) is 0.986. The van der Waals surface area contributed by atoms with Crippen molar-refractivity contribution in [2.75, 3.05) is 0 Å². The molecule has 1 aromatic carbocycles. The number of aryl methyl sites for hydroxylation is 1. The van der Waals surface area contributed by atoms with Gasteiger partial charge in [-0.15, -0.1) is 10.2 Å². The standard InChI is InChI=1S/C17H25N5O2/c1-5-22-11-19-21-16(22)10-18-17(23)20-13(4)14-7-6-8-15(9-14)24-12(2)3/h6-9,11-13H,5,10H2,1-4H3,(H2,18,20,23). The number of amides is 2. The van der Waals surface area contributed by atoms with Gasteiger partial charge in [-0.1, -0.05) is 12.1 Å². The van der Waals surface area contributed by atoms with Crippen molar-refractivity contribution in [2.24, 2.45) is 0 Å². The van der Waals surface area contributed by atoms with Gasteiger partial charge in [-0.25, -0.2) is 4.79 Å². The first-order valence-corrected chi connectivity index (χ1v) is 8.17. The highest BCUT2D eigenvalue weighted by atomic mass is 16.5. The first-order chi connectivity index (χ1) is 11.5. The van der Waals surface area contributed by atoms with E-state index in [9.17, 15) is 4.79 Å². The van der Waals surface area contributed by atoms with Crippen LogP contribution in [0.5, 0.6) is 5.75 Å². The van der Waals surface area contributed by atoms with E-state index >= 15 is 0 Å². The summed E-state index contributed by atoms with van der Waals surface area (Å²) in [7, 11) is 0. The molecule has 0 spiro atoms. The van der Waals surface area contributed by atoms with Crippen LogP contribution in [0.15, 0.2) is 30.6 Å². The molecule has 1 unspecified atom stereocenters. The minimum Gasteiger partial charge on any atom is -0.491 e. The van der Waals surface area contributed by atoms with Crippen molar-refractivity contribution in [1.82, 2.24) is 25.4 Å². The first kappa shape index (κ1) is 17.8. The maximum Gasteiger partial charge on any atom is 0.315 e. The van der Waals surface area contributed by atoms with Gasteiger partial charge in [0.1, 0.15) is 12.1 Å². The van der Waals surface area contributed by atoms with E-state index in [1.54, 1.807) is 6.33 Å². The lowest BCUT2D eigenvalue weighted by Gasteiger charge is -2.17. The molecule has 0 bridgehead atoms. The Bertz CT molecular complexity index is 669. The fourth-order valence-electron chi connectivity index (χ4n) is 2.30. The molecule has 0 radical (unpaired) electrons. The summed E-state index contributed by atoms with van der Waals surface area (Å²) in [4.78, 5) is 12.1. The molecule has 2 amide bonds. The smallest absolute Gasteiger partial charge is 0.315 e. The molecular formula is C17H25N5O2. The van der Waals surface area contributed by atoms with E-state index in [0.717, 1.165) is 23.7 Å². The minimum atomic E-state index is -0.247. The molecule has 2 aromatic rings. The summed E-state index contributed by atoms with van der Waals surface area (Å²) in [5.74, 6) is 1.53. The third-order valence-electron chi connectivity index (χ3n) is 3.52. The van der Waals surface area contributed by atoms with Crippen LogP contribution < -0.4 is 15.4 Å². The quantitative estimate of drug-likeness (QED) is 0.817. The zero-order valence-corrected chi connectivity index (χ0v) is 14.6. The van der Waals surface area contributed by atoms with Gasteiger partial charge in [0.05, 0.1) is 18.7 Å². The maximum atomic E-state index is 12.1. The van der Waals surface area contributed by atoms with Crippen molar-refractivity contribution < 1.29 is 9.53 Å². The molecule has 1 heterocycles. The van der Waals surface area contributed by atoms with Crippen LogP contribution in [0, 0.1) is 0 Å². The number of hydrogen-bond acceptors (Lipinski definition) is 4. The fourth-order valence-corrected chi connectivity index (χ4v) is 2.30. The fraction of sp³-hybridized carbons (Fsp3) is 0.471. The first-order valence-electron chi connectivity index (χ1n) is 8.17. The zero-order chi connectivity index (χ0) is 17.5. The predicted molar refractivity (Wildman–Crippen MR) is 91.7 cm³/mol. The number of carbonyl (C=O) groups excluding carboxylic acids is 1. The van der Waals surface area contributed by atoms with Crippen molar-refractivity contribution in [3.8, 4) is 5.75 Å². The van der Waals surface area contributed by atoms with Crippen LogP contribution in [0.3, 0.4) is 0 Å². The molecule has 0 saturated heterocycles. The molecule has 1 atom stereocenters. The topological polar surface area (TPSA) is 81.1 Å². The Morgan fingerprint density at radius 2 is 2.12 bits per heavy atom. The number of nitrogens with zero attached hydrogens (tertiary/aromatic N) is 3. The third kappa shape index (κ3) is 4.97. The van der Waals surface area contributed by atoms with Gasteiger partial charge < -0.3 is 19.9 Å². The van der Waals surface area contributed by atoms with E-state index in [0.29, 0.717) is 6.54 Å².